The SMILES string of the molecule is COc1cc(N2CCN(C3CCN(c4ccc(F)c5cc(O)cnc45)CC3)CC2)c2[nH]ccc(=O)c2c1. The van der Waals surface area contributed by atoms with Crippen molar-refractivity contribution in [3.05, 3.63) is 64.8 Å². The molecule has 9 heteroatoms. The minimum absolute atomic E-state index is 0.0137. The van der Waals surface area contributed by atoms with Gasteiger partial charge in [0.05, 0.1) is 41.1 Å². The molecule has 2 aromatic heterocycles. The summed E-state index contributed by atoms with van der Waals surface area (Å²) in [4.78, 5) is 27.2. The zero-order valence-electron chi connectivity index (χ0n) is 20.8. The minimum Gasteiger partial charge on any atom is -0.506 e. The number of piperidine rings is 1. The number of aromatic hydroxyl groups is 1. The highest BCUT2D eigenvalue weighted by atomic mass is 19.1. The normalized spacial score (nSPS) is 17.6. The minimum atomic E-state index is -0.372. The van der Waals surface area contributed by atoms with E-state index >= 15 is 0 Å². The Morgan fingerprint density at radius 1 is 0.973 bits per heavy atom. The predicted molar refractivity (Wildman–Crippen MR) is 144 cm³/mol. The van der Waals surface area contributed by atoms with Gasteiger partial charge >= 0.3 is 0 Å². The van der Waals surface area contributed by atoms with Crippen LogP contribution in [0.4, 0.5) is 15.8 Å². The standard InChI is InChI=1S/C28H30FN5O3/c1-37-20-15-22-26(36)4-7-30-28(22)25(16-20)34-12-10-32(11-13-34)18-5-8-33(9-6-18)24-3-2-23(29)21-14-19(35)17-31-27(21)24/h2-4,7,14-18,35H,5-6,8-13H2,1H3,(H,30,36). The molecule has 2 aliphatic heterocycles. The summed E-state index contributed by atoms with van der Waals surface area (Å²) in [5, 5.41) is 10.7. The van der Waals surface area contributed by atoms with Crippen LogP contribution in [0.5, 0.6) is 11.5 Å². The Bertz CT molecular complexity index is 1510. The quantitative estimate of drug-likeness (QED) is 0.439. The van der Waals surface area contributed by atoms with Crippen molar-refractivity contribution >= 4 is 33.2 Å². The first kappa shape index (κ1) is 23.5. The largest absolute Gasteiger partial charge is 0.506 e. The molecule has 0 aliphatic carbocycles. The Labute approximate surface area is 213 Å². The molecule has 0 amide bonds. The van der Waals surface area contributed by atoms with Crippen molar-refractivity contribution < 1.29 is 14.2 Å². The Hall–Kier alpha value is -3.85. The van der Waals surface area contributed by atoms with E-state index in [-0.39, 0.29) is 17.0 Å². The molecule has 2 aliphatic rings. The van der Waals surface area contributed by atoms with Crippen LogP contribution >= 0.6 is 0 Å². The monoisotopic (exact) mass is 503 g/mol. The van der Waals surface area contributed by atoms with Gasteiger partial charge in [0.25, 0.3) is 0 Å². The number of halogens is 1. The molecule has 2 fully saturated rings. The van der Waals surface area contributed by atoms with Gasteiger partial charge in [-0.25, -0.2) is 4.39 Å². The smallest absolute Gasteiger partial charge is 0.189 e. The van der Waals surface area contributed by atoms with E-state index in [1.807, 2.05) is 6.07 Å². The van der Waals surface area contributed by atoms with E-state index in [2.05, 4.69) is 24.7 Å². The average molecular weight is 504 g/mol. The third-order valence-corrected chi connectivity index (χ3v) is 7.79. The van der Waals surface area contributed by atoms with E-state index in [0.717, 1.165) is 69.0 Å². The number of fused-ring (bicyclic) bond motifs is 2. The Morgan fingerprint density at radius 2 is 1.73 bits per heavy atom. The van der Waals surface area contributed by atoms with Crippen molar-refractivity contribution in [1.29, 1.82) is 0 Å². The van der Waals surface area contributed by atoms with Gasteiger partial charge in [0.15, 0.2) is 5.43 Å². The number of ether oxygens (including phenoxy) is 1. The number of pyridine rings is 2. The molecule has 6 rings (SSSR count). The molecule has 0 spiro atoms. The van der Waals surface area contributed by atoms with E-state index < -0.39 is 0 Å². The van der Waals surface area contributed by atoms with E-state index in [1.165, 1.54) is 18.3 Å². The third-order valence-electron chi connectivity index (χ3n) is 7.79. The molecule has 4 heterocycles. The molecule has 4 aromatic rings. The molecular formula is C28H30FN5O3. The van der Waals surface area contributed by atoms with E-state index in [0.29, 0.717) is 28.1 Å². The number of H-pyrrole nitrogens is 1. The second-order valence-corrected chi connectivity index (χ2v) is 9.81. The number of anilines is 2. The lowest BCUT2D eigenvalue weighted by Gasteiger charge is -2.44. The summed E-state index contributed by atoms with van der Waals surface area (Å²) in [7, 11) is 1.63. The Balaban J connectivity index is 1.13. The molecule has 2 aromatic carbocycles. The van der Waals surface area contributed by atoms with Gasteiger partial charge in [0.1, 0.15) is 17.3 Å². The van der Waals surface area contributed by atoms with Crippen molar-refractivity contribution in [2.45, 2.75) is 18.9 Å². The summed E-state index contributed by atoms with van der Waals surface area (Å²) in [6.45, 7) is 5.37. The number of hydrogen-bond donors (Lipinski definition) is 2. The molecule has 0 unspecified atom stereocenters. The van der Waals surface area contributed by atoms with Crippen LogP contribution in [0.25, 0.3) is 21.8 Å². The average Bonchev–Trinajstić information content (AvgIpc) is 2.93. The summed E-state index contributed by atoms with van der Waals surface area (Å²) in [6, 6.07) is 10.5. The maximum atomic E-state index is 14.3. The maximum absolute atomic E-state index is 14.3. The molecule has 0 atom stereocenters. The highest BCUT2D eigenvalue weighted by molar-refractivity contribution is 5.93. The number of rotatable bonds is 4. The first-order valence-electron chi connectivity index (χ1n) is 12.7. The molecular weight excluding hydrogens is 473 g/mol. The van der Waals surface area contributed by atoms with E-state index in [9.17, 15) is 14.3 Å². The van der Waals surface area contributed by atoms with Gasteiger partial charge in [-0.15, -0.1) is 0 Å². The molecule has 192 valence electrons. The molecule has 0 saturated carbocycles. The van der Waals surface area contributed by atoms with Crippen LogP contribution in [0.1, 0.15) is 12.8 Å². The van der Waals surface area contributed by atoms with Crippen LogP contribution in [-0.2, 0) is 0 Å². The number of aromatic nitrogens is 2. The lowest BCUT2D eigenvalue weighted by molar-refractivity contribution is 0.160. The van der Waals surface area contributed by atoms with Crippen molar-refractivity contribution in [2.24, 2.45) is 0 Å². The summed E-state index contributed by atoms with van der Waals surface area (Å²) in [5.41, 5.74) is 3.35. The van der Waals surface area contributed by atoms with Crippen LogP contribution in [-0.4, -0.2) is 72.4 Å². The van der Waals surface area contributed by atoms with Crippen molar-refractivity contribution in [1.82, 2.24) is 14.9 Å². The first-order chi connectivity index (χ1) is 18.0. The van der Waals surface area contributed by atoms with E-state index in [4.69, 9.17) is 4.74 Å². The lowest BCUT2D eigenvalue weighted by Crippen LogP contribution is -2.53. The van der Waals surface area contributed by atoms with Gasteiger partial charge in [0.2, 0.25) is 0 Å². The van der Waals surface area contributed by atoms with Gasteiger partial charge in [-0.05, 0) is 37.1 Å². The summed E-state index contributed by atoms with van der Waals surface area (Å²) >= 11 is 0. The summed E-state index contributed by atoms with van der Waals surface area (Å²) in [6.07, 6.45) is 5.12. The number of hydrogen-bond acceptors (Lipinski definition) is 7. The number of nitrogens with zero attached hydrogens (tertiary/aromatic N) is 4. The Morgan fingerprint density at radius 3 is 2.49 bits per heavy atom. The fourth-order valence-corrected chi connectivity index (χ4v) is 5.82. The molecule has 8 nitrogen and oxygen atoms in total. The van der Waals surface area contributed by atoms with Crippen LogP contribution in [0.15, 0.2) is 53.6 Å². The molecule has 2 N–H and O–H groups in total. The second kappa shape index (κ2) is 9.55. The fourth-order valence-electron chi connectivity index (χ4n) is 5.82. The summed E-state index contributed by atoms with van der Waals surface area (Å²) in [5.74, 6) is 0.282. The highest BCUT2D eigenvalue weighted by Gasteiger charge is 2.29. The van der Waals surface area contributed by atoms with Gasteiger partial charge in [-0.3, -0.25) is 14.7 Å². The number of aromatic amines is 1. The Kier molecular flexibility index (Phi) is 6.08. The number of benzene rings is 2. The van der Waals surface area contributed by atoms with Gasteiger partial charge < -0.3 is 24.6 Å². The molecule has 37 heavy (non-hydrogen) atoms. The van der Waals surface area contributed by atoms with Gasteiger partial charge in [-0.2, -0.15) is 0 Å². The van der Waals surface area contributed by atoms with Crippen LogP contribution in [0.2, 0.25) is 0 Å². The van der Waals surface area contributed by atoms with Crippen molar-refractivity contribution in [2.75, 3.05) is 56.2 Å². The number of nitrogens with one attached hydrogen (secondary N) is 1. The number of methoxy groups -OCH3 is 1. The highest BCUT2D eigenvalue weighted by Crippen LogP contribution is 2.33. The number of piperazine rings is 1. The fraction of sp³-hybridized carbons (Fsp3) is 0.357. The van der Waals surface area contributed by atoms with Gasteiger partial charge in [-0.1, -0.05) is 0 Å². The van der Waals surface area contributed by atoms with Crippen LogP contribution in [0, 0.1) is 5.82 Å². The third kappa shape index (κ3) is 4.33. The first-order valence-corrected chi connectivity index (χ1v) is 12.7. The zero-order valence-corrected chi connectivity index (χ0v) is 20.8. The molecule has 0 radical (unpaired) electrons. The second-order valence-electron chi connectivity index (χ2n) is 9.81. The maximum Gasteiger partial charge on any atom is 0.189 e. The van der Waals surface area contributed by atoms with Crippen molar-refractivity contribution in [3.63, 3.8) is 0 Å². The van der Waals surface area contributed by atoms with Crippen molar-refractivity contribution in [3.8, 4) is 11.5 Å². The van der Waals surface area contributed by atoms with Crippen LogP contribution < -0.4 is 20.0 Å². The lowest BCUT2D eigenvalue weighted by atomic mass is 10.0. The predicted octanol–water partition coefficient (Wildman–Crippen LogP) is 3.72. The molecule has 2 saturated heterocycles. The van der Waals surface area contributed by atoms with Gasteiger partial charge in [0, 0.05) is 69.0 Å². The summed E-state index contributed by atoms with van der Waals surface area (Å²) < 4.78 is 19.8. The zero-order chi connectivity index (χ0) is 25.5. The topological polar surface area (TPSA) is 84.9 Å². The van der Waals surface area contributed by atoms with E-state index in [1.54, 1.807) is 31.5 Å². The molecule has 0 bridgehead atoms. The van der Waals surface area contributed by atoms with Crippen LogP contribution in [0.3, 0.4) is 0 Å².